The molecule has 1 aromatic carbocycles. The van der Waals surface area contributed by atoms with Crippen molar-refractivity contribution in [3.05, 3.63) is 45.8 Å². The monoisotopic (exact) mass is 492 g/mol. The summed E-state index contributed by atoms with van der Waals surface area (Å²) in [6, 6.07) is 5.91. The molecule has 1 aromatic heterocycles. The topological polar surface area (TPSA) is 90.0 Å². The Labute approximate surface area is 200 Å². The zero-order chi connectivity index (χ0) is 24.3. The van der Waals surface area contributed by atoms with Crippen LogP contribution in [0.5, 0.6) is 0 Å². The Morgan fingerprint density at radius 3 is 2.27 bits per heavy atom. The first kappa shape index (κ1) is 25.4. The largest absolute Gasteiger partial charge is 0.345 e. The molecule has 0 radical (unpaired) electrons. The Bertz CT molecular complexity index is 1120. The van der Waals surface area contributed by atoms with E-state index in [-0.39, 0.29) is 16.7 Å². The van der Waals surface area contributed by atoms with Gasteiger partial charge in [0, 0.05) is 50.7 Å². The molecule has 0 saturated carbocycles. The number of carbonyl (C=O) groups excluding carboxylic acids is 2. The summed E-state index contributed by atoms with van der Waals surface area (Å²) < 4.78 is 26.8. The third kappa shape index (κ3) is 5.13. The molecule has 1 N–H and O–H groups in total. The van der Waals surface area contributed by atoms with Crippen LogP contribution >= 0.6 is 11.3 Å². The maximum Gasteiger partial charge on any atom is 0.256 e. The van der Waals surface area contributed by atoms with E-state index in [9.17, 15) is 18.0 Å². The summed E-state index contributed by atoms with van der Waals surface area (Å²) in [5.41, 5.74) is 1.91. The minimum atomic E-state index is -3.59. The predicted molar refractivity (Wildman–Crippen MR) is 131 cm³/mol. The fourth-order valence-corrected chi connectivity index (χ4v) is 6.67. The number of hydrogen-bond acceptors (Lipinski definition) is 6. The van der Waals surface area contributed by atoms with Crippen LogP contribution < -0.4 is 5.32 Å². The standard InChI is InChI=1S/C23H32N4O4S2/c1-6-26-14-13-18-19(15-26)32-22(20(18)23(29)25(4)5)24-21(28)16-9-11-17(12-10-16)33(30,31)27(7-2)8-3/h9-12H,6-8,13-15H2,1-5H3,(H,24,28). The molecule has 2 amide bonds. The van der Waals surface area contributed by atoms with Gasteiger partial charge in [0.1, 0.15) is 5.00 Å². The number of hydrogen-bond donors (Lipinski definition) is 1. The number of benzene rings is 1. The van der Waals surface area contributed by atoms with E-state index in [1.54, 1.807) is 27.9 Å². The van der Waals surface area contributed by atoms with Crippen LogP contribution in [0.25, 0.3) is 0 Å². The summed E-state index contributed by atoms with van der Waals surface area (Å²) in [5, 5.41) is 3.45. The van der Waals surface area contributed by atoms with E-state index in [2.05, 4.69) is 17.1 Å². The van der Waals surface area contributed by atoms with Crippen LogP contribution in [0.2, 0.25) is 0 Å². The normalized spacial score (nSPS) is 14.2. The average Bonchev–Trinajstić information content (AvgIpc) is 3.15. The van der Waals surface area contributed by atoms with E-state index >= 15 is 0 Å². The molecule has 0 saturated heterocycles. The van der Waals surface area contributed by atoms with Gasteiger partial charge in [-0.15, -0.1) is 11.3 Å². The zero-order valence-corrected chi connectivity index (χ0v) is 21.5. The maximum absolute atomic E-state index is 13.0. The molecule has 0 atom stereocenters. The van der Waals surface area contributed by atoms with Crippen molar-refractivity contribution in [3.63, 3.8) is 0 Å². The fraction of sp³-hybridized carbons (Fsp3) is 0.478. The van der Waals surface area contributed by atoms with E-state index in [0.717, 1.165) is 36.5 Å². The highest BCUT2D eigenvalue weighted by molar-refractivity contribution is 7.89. The molecule has 8 nitrogen and oxygen atoms in total. The molecular formula is C23H32N4O4S2. The van der Waals surface area contributed by atoms with Crippen LogP contribution in [-0.2, 0) is 23.0 Å². The van der Waals surface area contributed by atoms with Crippen LogP contribution in [0.3, 0.4) is 0 Å². The molecule has 0 spiro atoms. The molecule has 33 heavy (non-hydrogen) atoms. The first-order valence-corrected chi connectivity index (χ1v) is 13.4. The van der Waals surface area contributed by atoms with Gasteiger partial charge < -0.3 is 10.2 Å². The van der Waals surface area contributed by atoms with Crippen molar-refractivity contribution >= 4 is 38.2 Å². The summed E-state index contributed by atoms with van der Waals surface area (Å²) in [6.07, 6.45) is 0.766. The van der Waals surface area contributed by atoms with Gasteiger partial charge in [-0.05, 0) is 42.8 Å². The van der Waals surface area contributed by atoms with Crippen molar-refractivity contribution in [2.45, 2.75) is 38.6 Å². The Morgan fingerprint density at radius 2 is 1.73 bits per heavy atom. The first-order valence-electron chi connectivity index (χ1n) is 11.1. The zero-order valence-electron chi connectivity index (χ0n) is 19.8. The van der Waals surface area contributed by atoms with Crippen molar-refractivity contribution in [1.82, 2.24) is 14.1 Å². The molecule has 0 unspecified atom stereocenters. The summed E-state index contributed by atoms with van der Waals surface area (Å²) in [6.45, 7) is 9.01. The fourth-order valence-electron chi connectivity index (χ4n) is 3.93. The van der Waals surface area contributed by atoms with E-state index in [1.807, 2.05) is 0 Å². The molecule has 2 heterocycles. The number of thiophene rings is 1. The Kier molecular flexibility index (Phi) is 7.94. The van der Waals surface area contributed by atoms with Crippen molar-refractivity contribution in [1.29, 1.82) is 0 Å². The van der Waals surface area contributed by atoms with Gasteiger partial charge in [0.15, 0.2) is 0 Å². The van der Waals surface area contributed by atoms with Gasteiger partial charge in [0.25, 0.3) is 11.8 Å². The number of amides is 2. The molecule has 3 rings (SSSR count). The molecule has 180 valence electrons. The van der Waals surface area contributed by atoms with Gasteiger partial charge in [-0.3, -0.25) is 14.5 Å². The van der Waals surface area contributed by atoms with Crippen LogP contribution in [0, 0.1) is 0 Å². The van der Waals surface area contributed by atoms with Crippen LogP contribution in [0.4, 0.5) is 5.00 Å². The number of sulfonamides is 1. The number of nitrogens with zero attached hydrogens (tertiary/aromatic N) is 3. The second kappa shape index (κ2) is 10.3. The van der Waals surface area contributed by atoms with Crippen molar-refractivity contribution < 1.29 is 18.0 Å². The van der Waals surface area contributed by atoms with Gasteiger partial charge in [0.05, 0.1) is 10.5 Å². The SMILES string of the molecule is CCN1CCc2c(sc(NC(=O)c3ccc(S(=O)(=O)N(CC)CC)cc3)c2C(=O)N(C)C)C1. The Morgan fingerprint density at radius 1 is 1.09 bits per heavy atom. The molecule has 1 aliphatic rings. The van der Waals surface area contributed by atoms with Crippen molar-refractivity contribution in [2.75, 3.05) is 45.6 Å². The lowest BCUT2D eigenvalue weighted by molar-refractivity contribution is 0.0827. The summed E-state index contributed by atoms with van der Waals surface area (Å²) in [4.78, 5) is 31.0. The highest BCUT2D eigenvalue weighted by Crippen LogP contribution is 2.38. The minimum absolute atomic E-state index is 0.131. The molecule has 2 aromatic rings. The molecule has 0 fully saturated rings. The lowest BCUT2D eigenvalue weighted by Crippen LogP contribution is -2.31. The quantitative estimate of drug-likeness (QED) is 0.612. The number of likely N-dealkylation sites (N-methyl/N-ethyl adjacent to an activating group) is 1. The highest BCUT2D eigenvalue weighted by Gasteiger charge is 2.29. The van der Waals surface area contributed by atoms with E-state index in [1.165, 1.54) is 44.8 Å². The third-order valence-corrected chi connectivity index (χ3v) is 9.09. The van der Waals surface area contributed by atoms with E-state index < -0.39 is 10.0 Å². The number of carbonyl (C=O) groups is 2. The number of fused-ring (bicyclic) bond motifs is 1. The summed E-state index contributed by atoms with van der Waals surface area (Å²) in [7, 11) is -0.186. The summed E-state index contributed by atoms with van der Waals surface area (Å²) >= 11 is 1.44. The van der Waals surface area contributed by atoms with Gasteiger partial charge in [0.2, 0.25) is 10.0 Å². The van der Waals surface area contributed by atoms with Gasteiger partial charge in [-0.25, -0.2) is 8.42 Å². The smallest absolute Gasteiger partial charge is 0.256 e. The van der Waals surface area contributed by atoms with Crippen LogP contribution in [-0.4, -0.2) is 74.6 Å². The number of nitrogens with one attached hydrogen (secondary N) is 1. The minimum Gasteiger partial charge on any atom is -0.345 e. The van der Waals surface area contributed by atoms with Crippen molar-refractivity contribution in [2.24, 2.45) is 0 Å². The summed E-state index contributed by atoms with van der Waals surface area (Å²) in [5.74, 6) is -0.506. The second-order valence-corrected chi connectivity index (χ2v) is 11.1. The highest BCUT2D eigenvalue weighted by atomic mass is 32.2. The number of anilines is 1. The molecule has 10 heteroatoms. The Balaban J connectivity index is 1.88. The van der Waals surface area contributed by atoms with Crippen LogP contribution in [0.15, 0.2) is 29.2 Å². The second-order valence-electron chi connectivity index (χ2n) is 8.09. The number of rotatable bonds is 8. The predicted octanol–water partition coefficient (Wildman–Crippen LogP) is 3.11. The maximum atomic E-state index is 13.0. The van der Waals surface area contributed by atoms with Crippen molar-refractivity contribution in [3.8, 4) is 0 Å². The van der Waals surface area contributed by atoms with Gasteiger partial charge in [-0.1, -0.05) is 20.8 Å². The molecule has 0 aliphatic carbocycles. The first-order chi connectivity index (χ1) is 15.6. The molecule has 1 aliphatic heterocycles. The lowest BCUT2D eigenvalue weighted by atomic mass is 10.0. The van der Waals surface area contributed by atoms with Gasteiger partial charge in [-0.2, -0.15) is 4.31 Å². The van der Waals surface area contributed by atoms with E-state index in [4.69, 9.17) is 0 Å². The van der Waals surface area contributed by atoms with Crippen LogP contribution in [0.1, 0.15) is 51.9 Å². The lowest BCUT2D eigenvalue weighted by Gasteiger charge is -2.25. The van der Waals surface area contributed by atoms with E-state index in [0.29, 0.717) is 29.2 Å². The third-order valence-electron chi connectivity index (χ3n) is 5.89. The Hall–Kier alpha value is -2.27. The molecule has 0 bridgehead atoms. The average molecular weight is 493 g/mol. The molecular weight excluding hydrogens is 460 g/mol. The van der Waals surface area contributed by atoms with Gasteiger partial charge >= 0.3 is 0 Å².